The number of rotatable bonds is 5. The second-order valence-electron chi connectivity index (χ2n) is 3.36. The fourth-order valence-electron chi connectivity index (χ4n) is 1.23. The number of ether oxygens (including phenoxy) is 2. The lowest BCUT2D eigenvalue weighted by Crippen LogP contribution is -2.05. The topological polar surface area (TPSA) is 114 Å². The molecule has 8 nitrogen and oxygen atoms in total. The van der Waals surface area contributed by atoms with E-state index in [9.17, 15) is 10.1 Å². The number of epoxide rings is 1. The molecule has 1 heterocycles. The Morgan fingerprint density at radius 3 is 3.06 bits per heavy atom. The number of azide groups is 1. The molecule has 1 unspecified atom stereocenters. The van der Waals surface area contributed by atoms with E-state index in [1.54, 1.807) is 0 Å². The van der Waals surface area contributed by atoms with Gasteiger partial charge in [-0.1, -0.05) is 5.11 Å². The molecule has 1 aliphatic heterocycles. The monoisotopic (exact) mass is 236 g/mol. The maximum Gasteiger partial charge on any atom is 0.311 e. The lowest BCUT2D eigenvalue weighted by molar-refractivity contribution is -0.385. The van der Waals surface area contributed by atoms with Crippen LogP contribution in [0.3, 0.4) is 0 Å². The molecule has 0 spiro atoms. The molecule has 0 amide bonds. The van der Waals surface area contributed by atoms with E-state index in [1.165, 1.54) is 18.2 Å². The molecule has 1 aromatic rings. The van der Waals surface area contributed by atoms with Gasteiger partial charge >= 0.3 is 5.69 Å². The Hall–Kier alpha value is -2.31. The predicted molar refractivity (Wildman–Crippen MR) is 57.1 cm³/mol. The Morgan fingerprint density at radius 1 is 1.71 bits per heavy atom. The first kappa shape index (κ1) is 11.2. The van der Waals surface area contributed by atoms with E-state index in [0.717, 1.165) is 0 Å². The van der Waals surface area contributed by atoms with Crippen molar-refractivity contribution in [2.24, 2.45) is 5.11 Å². The minimum absolute atomic E-state index is 0.0198. The number of hydrogen-bond donors (Lipinski definition) is 0. The van der Waals surface area contributed by atoms with Crippen molar-refractivity contribution in [1.29, 1.82) is 0 Å². The number of nitro benzene ring substituents is 1. The van der Waals surface area contributed by atoms with Gasteiger partial charge in [-0.25, -0.2) is 0 Å². The van der Waals surface area contributed by atoms with Crippen molar-refractivity contribution in [3.8, 4) is 5.75 Å². The van der Waals surface area contributed by atoms with Gasteiger partial charge in [0.15, 0.2) is 5.75 Å². The van der Waals surface area contributed by atoms with E-state index >= 15 is 0 Å². The van der Waals surface area contributed by atoms with Crippen LogP contribution in [0.15, 0.2) is 23.3 Å². The maximum atomic E-state index is 10.8. The zero-order valence-corrected chi connectivity index (χ0v) is 8.65. The van der Waals surface area contributed by atoms with Crippen LogP contribution in [-0.4, -0.2) is 24.2 Å². The standard InChI is InChI=1S/C9H8N4O4/c10-12-11-6-1-2-9(8(3-6)13(14)15)17-5-7-4-16-7/h1-3,7H,4-5H2. The molecule has 1 saturated heterocycles. The van der Waals surface area contributed by atoms with Gasteiger partial charge < -0.3 is 9.47 Å². The Labute approximate surface area is 95.5 Å². The van der Waals surface area contributed by atoms with Crippen LogP contribution in [0.5, 0.6) is 5.75 Å². The van der Waals surface area contributed by atoms with Crippen LogP contribution in [0.2, 0.25) is 0 Å². The van der Waals surface area contributed by atoms with Crippen LogP contribution in [-0.2, 0) is 4.74 Å². The number of nitro groups is 1. The van der Waals surface area contributed by atoms with Crippen LogP contribution < -0.4 is 4.74 Å². The highest BCUT2D eigenvalue weighted by Gasteiger charge is 2.25. The molecule has 0 radical (unpaired) electrons. The van der Waals surface area contributed by atoms with E-state index < -0.39 is 4.92 Å². The third-order valence-corrected chi connectivity index (χ3v) is 2.13. The van der Waals surface area contributed by atoms with Crippen molar-refractivity contribution in [3.63, 3.8) is 0 Å². The predicted octanol–water partition coefficient (Wildman–Crippen LogP) is 2.31. The minimum Gasteiger partial charge on any atom is -0.484 e. The molecule has 0 aromatic heterocycles. The van der Waals surface area contributed by atoms with Gasteiger partial charge in [-0.2, -0.15) is 0 Å². The van der Waals surface area contributed by atoms with Crippen LogP contribution in [0.1, 0.15) is 0 Å². The summed E-state index contributed by atoms with van der Waals surface area (Å²) < 4.78 is 10.2. The summed E-state index contributed by atoms with van der Waals surface area (Å²) in [5.74, 6) is 0.141. The van der Waals surface area contributed by atoms with Crippen LogP contribution in [0, 0.1) is 10.1 Å². The van der Waals surface area contributed by atoms with Crippen LogP contribution >= 0.6 is 0 Å². The molecule has 0 aliphatic carbocycles. The van der Waals surface area contributed by atoms with Crippen LogP contribution in [0.4, 0.5) is 11.4 Å². The van der Waals surface area contributed by atoms with Crippen molar-refractivity contribution in [2.75, 3.05) is 13.2 Å². The summed E-state index contributed by atoms with van der Waals surface area (Å²) in [6.07, 6.45) is 0.0198. The second-order valence-corrected chi connectivity index (χ2v) is 3.36. The molecule has 1 fully saturated rings. The average molecular weight is 236 g/mol. The highest BCUT2D eigenvalue weighted by atomic mass is 16.6. The van der Waals surface area contributed by atoms with E-state index in [-0.39, 0.29) is 29.8 Å². The lowest BCUT2D eigenvalue weighted by Gasteiger charge is -2.05. The first-order chi connectivity index (χ1) is 8.20. The molecule has 17 heavy (non-hydrogen) atoms. The first-order valence-electron chi connectivity index (χ1n) is 4.78. The summed E-state index contributed by atoms with van der Waals surface area (Å²) >= 11 is 0. The third-order valence-electron chi connectivity index (χ3n) is 2.13. The largest absolute Gasteiger partial charge is 0.484 e. The summed E-state index contributed by atoms with van der Waals surface area (Å²) in [6.45, 7) is 0.895. The number of nitrogens with zero attached hydrogens (tertiary/aromatic N) is 4. The third kappa shape index (κ3) is 2.83. The van der Waals surface area contributed by atoms with E-state index in [2.05, 4.69) is 10.0 Å². The van der Waals surface area contributed by atoms with Crippen molar-refractivity contribution in [2.45, 2.75) is 6.10 Å². The van der Waals surface area contributed by atoms with Gasteiger partial charge in [0, 0.05) is 16.7 Å². The second kappa shape index (κ2) is 4.69. The maximum absolute atomic E-state index is 10.8. The number of benzene rings is 1. The normalized spacial score (nSPS) is 17.1. The summed E-state index contributed by atoms with van der Waals surface area (Å²) in [5, 5.41) is 14.1. The van der Waals surface area contributed by atoms with Crippen molar-refractivity contribution in [3.05, 3.63) is 38.8 Å². The smallest absolute Gasteiger partial charge is 0.311 e. The fraction of sp³-hybridized carbons (Fsp3) is 0.333. The number of hydrogen-bond acceptors (Lipinski definition) is 5. The van der Waals surface area contributed by atoms with Gasteiger partial charge in [0.05, 0.1) is 11.5 Å². The fourth-order valence-corrected chi connectivity index (χ4v) is 1.23. The van der Waals surface area contributed by atoms with Gasteiger partial charge in [0.1, 0.15) is 12.7 Å². The summed E-state index contributed by atoms with van der Waals surface area (Å²) in [4.78, 5) is 12.8. The van der Waals surface area contributed by atoms with E-state index in [0.29, 0.717) is 6.61 Å². The van der Waals surface area contributed by atoms with Gasteiger partial charge in [-0.3, -0.25) is 10.1 Å². The lowest BCUT2D eigenvalue weighted by atomic mass is 10.2. The minimum atomic E-state index is -0.584. The molecule has 2 rings (SSSR count). The molecule has 0 bridgehead atoms. The SMILES string of the molecule is [N-]=[N+]=Nc1ccc(OCC2CO2)c([N+](=O)[O-])c1. The van der Waals surface area contributed by atoms with E-state index in [1.807, 2.05) is 0 Å². The summed E-state index contributed by atoms with van der Waals surface area (Å²) in [7, 11) is 0. The Bertz CT molecular complexity index is 494. The molecule has 1 aromatic carbocycles. The molecule has 0 N–H and O–H groups in total. The molecular weight excluding hydrogens is 228 g/mol. The van der Waals surface area contributed by atoms with Crippen LogP contribution in [0.25, 0.3) is 10.4 Å². The Morgan fingerprint density at radius 2 is 2.47 bits per heavy atom. The summed E-state index contributed by atoms with van der Waals surface area (Å²) in [5.41, 5.74) is 8.19. The molecule has 0 saturated carbocycles. The van der Waals surface area contributed by atoms with Gasteiger partial charge in [-0.15, -0.1) is 0 Å². The van der Waals surface area contributed by atoms with E-state index in [4.69, 9.17) is 15.0 Å². The molecule has 88 valence electrons. The average Bonchev–Trinajstić information content (AvgIpc) is 3.11. The van der Waals surface area contributed by atoms with Gasteiger partial charge in [0.25, 0.3) is 0 Å². The molecule has 8 heteroatoms. The quantitative estimate of drug-likeness (QED) is 0.195. The molecular formula is C9H8N4O4. The Balaban J connectivity index is 2.22. The molecule has 1 aliphatic rings. The highest BCUT2D eigenvalue weighted by Crippen LogP contribution is 2.31. The Kier molecular flexibility index (Phi) is 3.08. The highest BCUT2D eigenvalue weighted by molar-refractivity contribution is 5.55. The zero-order chi connectivity index (χ0) is 12.3. The van der Waals surface area contributed by atoms with Gasteiger partial charge in [-0.05, 0) is 17.7 Å². The zero-order valence-electron chi connectivity index (χ0n) is 8.65. The van der Waals surface area contributed by atoms with Crippen molar-refractivity contribution in [1.82, 2.24) is 0 Å². The first-order valence-corrected chi connectivity index (χ1v) is 4.78. The molecule has 1 atom stereocenters. The van der Waals surface area contributed by atoms with Crippen molar-refractivity contribution >= 4 is 11.4 Å². The van der Waals surface area contributed by atoms with Crippen molar-refractivity contribution < 1.29 is 14.4 Å². The summed E-state index contributed by atoms with van der Waals surface area (Å²) in [6, 6.07) is 4.03. The van der Waals surface area contributed by atoms with Gasteiger partial charge in [0.2, 0.25) is 0 Å².